The summed E-state index contributed by atoms with van der Waals surface area (Å²) >= 11 is 0. The smallest absolute Gasteiger partial charge is 0.411 e. The highest BCUT2D eigenvalue weighted by molar-refractivity contribution is 6.09. The van der Waals surface area contributed by atoms with Crippen molar-refractivity contribution in [3.8, 4) is 0 Å². The molecule has 0 spiro atoms. The number of ketones is 1. The predicted octanol–water partition coefficient (Wildman–Crippen LogP) is 3.04. The molecule has 3 heterocycles. The van der Waals surface area contributed by atoms with E-state index < -0.39 is 11.7 Å². The van der Waals surface area contributed by atoms with Gasteiger partial charge < -0.3 is 15.9 Å². The first-order valence-electron chi connectivity index (χ1n) is 10.8. The summed E-state index contributed by atoms with van der Waals surface area (Å²) in [6, 6.07) is 9.38. The second-order valence-electron chi connectivity index (χ2n) is 9.21. The van der Waals surface area contributed by atoms with Crippen LogP contribution in [-0.4, -0.2) is 40.1 Å². The van der Waals surface area contributed by atoms with Gasteiger partial charge >= 0.3 is 6.09 Å². The number of hydrogen-bond donors (Lipinski definition) is 3. The number of Topliss-reactive ketones (excluding diaryl/α,β-unsaturated/α-hetero) is 1. The summed E-state index contributed by atoms with van der Waals surface area (Å²) < 4.78 is 6.97. The predicted molar refractivity (Wildman–Crippen MR) is 128 cm³/mol. The third-order valence-corrected chi connectivity index (χ3v) is 5.58. The monoisotopic (exact) mass is 450 g/mol. The van der Waals surface area contributed by atoms with Gasteiger partial charge in [-0.2, -0.15) is 0 Å². The molecular weight excluding hydrogens is 420 g/mol. The zero-order valence-electron chi connectivity index (χ0n) is 19.4. The number of benzene rings is 1. The molecule has 33 heavy (non-hydrogen) atoms. The fraction of sp³-hybridized carbons (Fsp3) is 0.333. The molecule has 1 aromatic heterocycles. The number of fused-ring (bicyclic) bond motifs is 1. The van der Waals surface area contributed by atoms with Gasteiger partial charge in [-0.3, -0.25) is 19.4 Å². The van der Waals surface area contributed by atoms with Crippen LogP contribution in [0.15, 0.2) is 48.2 Å². The number of ether oxygens (including phenoxy) is 1. The van der Waals surface area contributed by atoms with Crippen molar-refractivity contribution in [2.24, 2.45) is 5.84 Å². The number of dihydropyridines is 1. The van der Waals surface area contributed by atoms with Crippen molar-refractivity contribution < 1.29 is 14.3 Å². The molecule has 0 atom stereocenters. The minimum absolute atomic E-state index is 0.115. The number of carbonyl (C=O) groups is 2. The Morgan fingerprint density at radius 1 is 1.18 bits per heavy atom. The number of nitrogens with one attached hydrogen (secondary N) is 1. The summed E-state index contributed by atoms with van der Waals surface area (Å²) in [5, 5.41) is 4.67. The van der Waals surface area contributed by atoms with Crippen molar-refractivity contribution in [2.45, 2.75) is 39.8 Å². The number of rotatable bonds is 3. The molecule has 0 fully saturated rings. The van der Waals surface area contributed by atoms with Gasteiger partial charge in [0.15, 0.2) is 5.78 Å². The lowest BCUT2D eigenvalue weighted by molar-refractivity contribution is 0.0216. The number of aromatic nitrogens is 1. The van der Waals surface area contributed by atoms with Crippen molar-refractivity contribution in [3.05, 3.63) is 65.1 Å². The van der Waals surface area contributed by atoms with Gasteiger partial charge in [0.25, 0.3) is 0 Å². The number of anilines is 2. The lowest BCUT2D eigenvalue weighted by Crippen LogP contribution is -2.43. The van der Waals surface area contributed by atoms with E-state index >= 15 is 0 Å². The average Bonchev–Trinajstić information content (AvgIpc) is 3.06. The Labute approximate surface area is 193 Å². The number of hydrazine groups is 1. The van der Waals surface area contributed by atoms with Crippen LogP contribution in [0.4, 0.5) is 16.2 Å². The number of amides is 1. The first kappa shape index (κ1) is 22.5. The Morgan fingerprint density at radius 2 is 1.88 bits per heavy atom. The SMILES string of the molecule is CC1=CNCC=C1c1c(N(N)c2ccccc2)c2c(n1N)CN(C(=O)OC(C)(C)C)CC2=O. The Balaban J connectivity index is 1.86. The first-order chi connectivity index (χ1) is 15.6. The lowest BCUT2D eigenvalue weighted by Gasteiger charge is -2.30. The molecule has 0 saturated heterocycles. The molecule has 2 aromatic rings. The molecule has 0 bridgehead atoms. The Bertz CT molecular complexity index is 1160. The molecule has 0 aliphatic carbocycles. The third kappa shape index (κ3) is 4.19. The number of allylic oxidation sites excluding steroid dienone is 2. The number of nitrogens with two attached hydrogens (primary N) is 2. The number of nitrogens with zero attached hydrogens (tertiary/aromatic N) is 3. The minimum atomic E-state index is -0.676. The second kappa shape index (κ2) is 8.32. The zero-order valence-corrected chi connectivity index (χ0v) is 19.4. The van der Waals surface area contributed by atoms with Gasteiger partial charge in [0.1, 0.15) is 5.60 Å². The molecule has 1 aromatic carbocycles. The molecule has 0 unspecified atom stereocenters. The normalized spacial score (nSPS) is 15.9. The van der Waals surface area contributed by atoms with Crippen LogP contribution >= 0.6 is 0 Å². The van der Waals surface area contributed by atoms with Crippen LogP contribution in [0, 0.1) is 0 Å². The van der Waals surface area contributed by atoms with E-state index in [9.17, 15) is 9.59 Å². The van der Waals surface area contributed by atoms with Gasteiger partial charge in [-0.25, -0.2) is 10.6 Å². The standard InChI is InChI=1S/C24H30N6O3/c1-15-12-27-11-10-17(15)21-22(29(25)16-8-6-5-7-9-16)20-18(30(21)26)13-28(14-19(20)31)23(32)33-24(2,3)4/h5-10,12,27H,11,13-14,25-26H2,1-4H3. The summed E-state index contributed by atoms with van der Waals surface area (Å²) in [6.45, 7) is 7.97. The van der Waals surface area contributed by atoms with E-state index in [2.05, 4.69) is 5.32 Å². The molecule has 0 saturated carbocycles. The van der Waals surface area contributed by atoms with Crippen LogP contribution in [0.2, 0.25) is 0 Å². The zero-order chi connectivity index (χ0) is 23.9. The fourth-order valence-electron chi connectivity index (χ4n) is 4.12. The van der Waals surface area contributed by atoms with Crippen LogP contribution in [0.3, 0.4) is 0 Å². The van der Waals surface area contributed by atoms with Crippen molar-refractivity contribution in [1.29, 1.82) is 0 Å². The third-order valence-electron chi connectivity index (χ3n) is 5.58. The van der Waals surface area contributed by atoms with E-state index in [1.807, 2.05) is 49.5 Å². The van der Waals surface area contributed by atoms with Gasteiger partial charge in [-0.15, -0.1) is 0 Å². The summed E-state index contributed by atoms with van der Waals surface area (Å²) in [6.07, 6.45) is 3.36. The van der Waals surface area contributed by atoms with Crippen LogP contribution < -0.4 is 22.0 Å². The van der Waals surface area contributed by atoms with Gasteiger partial charge in [-0.1, -0.05) is 24.3 Å². The van der Waals surface area contributed by atoms with Gasteiger partial charge in [0.2, 0.25) is 0 Å². The van der Waals surface area contributed by atoms with E-state index in [1.165, 1.54) is 14.6 Å². The quantitative estimate of drug-likeness (QED) is 0.486. The molecule has 4 rings (SSSR count). The molecular formula is C24H30N6O3. The van der Waals surface area contributed by atoms with Crippen molar-refractivity contribution in [3.63, 3.8) is 0 Å². The molecule has 174 valence electrons. The largest absolute Gasteiger partial charge is 0.444 e. The summed E-state index contributed by atoms with van der Waals surface area (Å²) in [5.41, 5.74) is 3.96. The van der Waals surface area contributed by atoms with Gasteiger partial charge in [0.05, 0.1) is 41.4 Å². The Hall–Kier alpha value is -3.72. The maximum atomic E-state index is 13.4. The first-order valence-corrected chi connectivity index (χ1v) is 10.8. The van der Waals surface area contributed by atoms with E-state index in [1.54, 1.807) is 20.8 Å². The molecule has 2 aliphatic heterocycles. The summed E-state index contributed by atoms with van der Waals surface area (Å²) in [5.74, 6) is 12.9. The molecule has 1 amide bonds. The van der Waals surface area contributed by atoms with Crippen molar-refractivity contribution >= 4 is 28.8 Å². The van der Waals surface area contributed by atoms with Crippen LogP contribution in [0.1, 0.15) is 49.4 Å². The molecule has 5 N–H and O–H groups in total. The van der Waals surface area contributed by atoms with Crippen LogP contribution in [0.25, 0.3) is 5.57 Å². The second-order valence-corrected chi connectivity index (χ2v) is 9.21. The topological polar surface area (TPSA) is 119 Å². The van der Waals surface area contributed by atoms with E-state index in [0.717, 1.165) is 11.1 Å². The molecule has 9 heteroatoms. The highest BCUT2D eigenvalue weighted by atomic mass is 16.6. The highest BCUT2D eigenvalue weighted by Gasteiger charge is 2.38. The molecule has 0 radical (unpaired) electrons. The van der Waals surface area contributed by atoms with E-state index in [4.69, 9.17) is 16.4 Å². The lowest BCUT2D eigenvalue weighted by atomic mass is 9.98. The highest BCUT2D eigenvalue weighted by Crippen LogP contribution is 2.41. The Kier molecular flexibility index (Phi) is 5.67. The number of nitrogen functional groups attached to an aromatic ring is 1. The summed E-state index contributed by atoms with van der Waals surface area (Å²) in [4.78, 5) is 27.5. The maximum absolute atomic E-state index is 13.4. The number of hydrogen-bond acceptors (Lipinski definition) is 7. The minimum Gasteiger partial charge on any atom is -0.444 e. The van der Waals surface area contributed by atoms with Gasteiger partial charge in [-0.05, 0) is 45.4 Å². The van der Waals surface area contributed by atoms with Crippen LogP contribution in [-0.2, 0) is 11.3 Å². The average molecular weight is 451 g/mol. The Morgan fingerprint density at radius 3 is 2.52 bits per heavy atom. The maximum Gasteiger partial charge on any atom is 0.411 e. The van der Waals surface area contributed by atoms with Gasteiger partial charge in [0, 0.05) is 18.3 Å². The van der Waals surface area contributed by atoms with E-state index in [0.29, 0.717) is 34.9 Å². The molecule has 9 nitrogen and oxygen atoms in total. The fourth-order valence-corrected chi connectivity index (χ4v) is 4.12. The number of carbonyl (C=O) groups excluding carboxylic acids is 2. The van der Waals surface area contributed by atoms with Crippen molar-refractivity contribution in [2.75, 3.05) is 23.9 Å². The van der Waals surface area contributed by atoms with Crippen molar-refractivity contribution in [1.82, 2.24) is 14.9 Å². The van der Waals surface area contributed by atoms with E-state index in [-0.39, 0.29) is 18.9 Å². The summed E-state index contributed by atoms with van der Waals surface area (Å²) in [7, 11) is 0. The van der Waals surface area contributed by atoms with Crippen LogP contribution in [0.5, 0.6) is 0 Å². The molecule has 2 aliphatic rings. The number of para-hydroxylation sites is 1.